The molecule has 0 aliphatic rings. The average molecular weight is 461 g/mol. The summed E-state index contributed by atoms with van der Waals surface area (Å²) in [6, 6.07) is 26.4. The third-order valence-electron chi connectivity index (χ3n) is 3.69. The molecule has 0 spiro atoms. The second-order valence-electron chi connectivity index (χ2n) is 5.56. The van der Waals surface area contributed by atoms with E-state index < -0.39 is 31.0 Å². The van der Waals surface area contributed by atoms with E-state index in [2.05, 4.69) is 0 Å². The van der Waals surface area contributed by atoms with Gasteiger partial charge < -0.3 is 0 Å². The molecule has 2 nitrogen and oxygen atoms in total. The molecule has 0 amide bonds. The summed E-state index contributed by atoms with van der Waals surface area (Å²) in [6.07, 6.45) is 0. The summed E-state index contributed by atoms with van der Waals surface area (Å²) < 4.78 is 29.5. The minimum absolute atomic E-state index is 0.338. The van der Waals surface area contributed by atoms with Crippen molar-refractivity contribution in [1.29, 1.82) is 0 Å². The fraction of sp³-hybridized carbons (Fsp3) is 0.0476. The van der Waals surface area contributed by atoms with Gasteiger partial charge in [-0.15, -0.1) is 0 Å². The molecule has 0 aliphatic heterocycles. The van der Waals surface area contributed by atoms with Crippen LogP contribution in [0.1, 0.15) is 11.1 Å². The predicted octanol–water partition coefficient (Wildman–Crippen LogP) is 1.73. The lowest BCUT2D eigenvalue weighted by Crippen LogP contribution is -3.59. The fourth-order valence-corrected chi connectivity index (χ4v) is 6.77. The minimum atomic E-state index is -3.55. The summed E-state index contributed by atoms with van der Waals surface area (Å²) in [5.74, 6) is 0. The van der Waals surface area contributed by atoms with E-state index in [9.17, 15) is 8.42 Å². The Hall–Kier alpha value is -1.92. The standard InChI is InChI=1S/C21H18IO2S/c1-17-12-14-20(15-13-17)25(23,24)21(18-8-4-2-5-9-18)16-22-19-10-6-3-7-11-19/h2-16H,1H3/q+1. The van der Waals surface area contributed by atoms with Crippen LogP contribution in [0.5, 0.6) is 0 Å². The zero-order valence-corrected chi connectivity index (χ0v) is 16.7. The van der Waals surface area contributed by atoms with Crippen LogP contribution in [-0.4, -0.2) is 8.42 Å². The van der Waals surface area contributed by atoms with Crippen LogP contribution in [0.4, 0.5) is 0 Å². The summed E-state index contributed by atoms with van der Waals surface area (Å²) >= 11 is -0.545. The molecule has 126 valence electrons. The summed E-state index contributed by atoms with van der Waals surface area (Å²) in [4.78, 5) is 0.735. The van der Waals surface area contributed by atoms with Gasteiger partial charge in [-0.2, -0.15) is 0 Å². The van der Waals surface area contributed by atoms with Gasteiger partial charge in [-0.05, 0) is 36.8 Å². The molecule has 0 saturated carbocycles. The van der Waals surface area contributed by atoms with E-state index >= 15 is 0 Å². The minimum Gasteiger partial charge on any atom is -0.218 e. The van der Waals surface area contributed by atoms with Crippen LogP contribution in [0.2, 0.25) is 0 Å². The molecule has 0 aromatic heterocycles. The van der Waals surface area contributed by atoms with Gasteiger partial charge in [-0.3, -0.25) is 0 Å². The monoisotopic (exact) mass is 461 g/mol. The van der Waals surface area contributed by atoms with Crippen molar-refractivity contribution >= 4 is 14.7 Å². The summed E-state index contributed by atoms with van der Waals surface area (Å²) in [5, 5.41) is 0. The Balaban J connectivity index is 2.06. The van der Waals surface area contributed by atoms with Crippen molar-refractivity contribution in [2.24, 2.45) is 0 Å². The highest BCUT2D eigenvalue weighted by Crippen LogP contribution is 2.26. The maximum Gasteiger partial charge on any atom is 0.350 e. The van der Waals surface area contributed by atoms with E-state index in [0.717, 1.165) is 11.1 Å². The molecule has 0 aliphatic carbocycles. The zero-order valence-electron chi connectivity index (χ0n) is 13.8. The van der Waals surface area contributed by atoms with Crippen LogP contribution < -0.4 is 21.2 Å². The average Bonchev–Trinajstić information content (AvgIpc) is 2.64. The van der Waals surface area contributed by atoms with Crippen molar-refractivity contribution in [3.05, 3.63) is 104 Å². The van der Waals surface area contributed by atoms with E-state index in [1.54, 1.807) is 12.1 Å². The Bertz CT molecular complexity index is 961. The molecule has 0 atom stereocenters. The lowest BCUT2D eigenvalue weighted by atomic mass is 10.2. The van der Waals surface area contributed by atoms with E-state index in [1.807, 2.05) is 83.8 Å². The van der Waals surface area contributed by atoms with Crippen LogP contribution >= 0.6 is 0 Å². The Morgan fingerprint density at radius 1 is 0.800 bits per heavy atom. The van der Waals surface area contributed by atoms with Gasteiger partial charge in [0, 0.05) is 0 Å². The maximum absolute atomic E-state index is 13.2. The summed E-state index contributed by atoms with van der Waals surface area (Å²) in [7, 11) is -3.55. The molecule has 0 radical (unpaired) electrons. The Morgan fingerprint density at radius 2 is 1.36 bits per heavy atom. The van der Waals surface area contributed by atoms with E-state index in [-0.39, 0.29) is 0 Å². The normalized spacial score (nSPS) is 12.1. The predicted molar refractivity (Wildman–Crippen MR) is 97.9 cm³/mol. The molecular formula is C21H18IO2S+. The first kappa shape index (κ1) is 17.9. The zero-order chi connectivity index (χ0) is 17.7. The molecule has 0 N–H and O–H groups in total. The number of rotatable bonds is 5. The molecule has 25 heavy (non-hydrogen) atoms. The molecular weight excluding hydrogens is 443 g/mol. The van der Waals surface area contributed by atoms with Gasteiger partial charge >= 0.3 is 21.2 Å². The first-order valence-corrected chi connectivity index (χ1v) is 11.6. The van der Waals surface area contributed by atoms with Crippen molar-refractivity contribution < 1.29 is 29.6 Å². The third kappa shape index (κ3) is 4.38. The lowest BCUT2D eigenvalue weighted by molar-refractivity contribution is -0.555. The van der Waals surface area contributed by atoms with Crippen molar-refractivity contribution in [3.63, 3.8) is 0 Å². The highest BCUT2D eigenvalue weighted by molar-refractivity contribution is 8.00. The van der Waals surface area contributed by atoms with Gasteiger partial charge in [0.1, 0.15) is 4.91 Å². The quantitative estimate of drug-likeness (QED) is 0.543. The Kier molecular flexibility index (Phi) is 5.71. The number of halogens is 1. The summed E-state index contributed by atoms with van der Waals surface area (Å²) in [5.41, 5.74) is 1.78. The lowest BCUT2D eigenvalue weighted by Gasteiger charge is -2.07. The van der Waals surface area contributed by atoms with Crippen LogP contribution in [0.3, 0.4) is 0 Å². The van der Waals surface area contributed by atoms with E-state index in [1.165, 1.54) is 3.57 Å². The van der Waals surface area contributed by atoms with E-state index in [4.69, 9.17) is 0 Å². The molecule has 0 heterocycles. The molecule has 3 aromatic rings. The van der Waals surface area contributed by atoms with Gasteiger partial charge in [0.15, 0.2) is 7.65 Å². The molecule has 3 aromatic carbocycles. The Morgan fingerprint density at radius 3 is 1.96 bits per heavy atom. The molecule has 0 saturated heterocycles. The van der Waals surface area contributed by atoms with Gasteiger partial charge in [0.2, 0.25) is 9.84 Å². The molecule has 0 bridgehead atoms. The molecule has 4 heteroatoms. The fourth-order valence-electron chi connectivity index (χ4n) is 2.32. The van der Waals surface area contributed by atoms with Crippen LogP contribution in [0, 0.1) is 10.5 Å². The molecule has 3 rings (SSSR count). The number of aryl methyl sites for hydroxylation is 1. The van der Waals surface area contributed by atoms with E-state index in [0.29, 0.717) is 9.80 Å². The number of benzene rings is 3. The number of sulfone groups is 1. The number of hydrogen-bond donors (Lipinski definition) is 0. The van der Waals surface area contributed by atoms with Crippen molar-refractivity contribution in [1.82, 2.24) is 0 Å². The largest absolute Gasteiger partial charge is 0.350 e. The first-order chi connectivity index (χ1) is 12.1. The van der Waals surface area contributed by atoms with Crippen molar-refractivity contribution in [2.75, 3.05) is 0 Å². The molecule has 0 unspecified atom stereocenters. The van der Waals surface area contributed by atoms with Gasteiger partial charge in [0.05, 0.1) is 4.90 Å². The summed E-state index contributed by atoms with van der Waals surface area (Å²) in [6.45, 7) is 1.95. The van der Waals surface area contributed by atoms with Gasteiger partial charge in [0.25, 0.3) is 0 Å². The second-order valence-corrected chi connectivity index (χ2v) is 9.97. The highest BCUT2D eigenvalue weighted by atomic mass is 127. The van der Waals surface area contributed by atoms with Gasteiger partial charge in [-0.25, -0.2) is 8.42 Å². The third-order valence-corrected chi connectivity index (χ3v) is 8.31. The maximum atomic E-state index is 13.2. The highest BCUT2D eigenvalue weighted by Gasteiger charge is 2.26. The Labute approximate surface area is 159 Å². The van der Waals surface area contributed by atoms with Crippen LogP contribution in [0.15, 0.2) is 93.9 Å². The van der Waals surface area contributed by atoms with Crippen molar-refractivity contribution in [3.8, 4) is 0 Å². The first-order valence-electron chi connectivity index (χ1n) is 7.83. The second kappa shape index (κ2) is 7.97. The van der Waals surface area contributed by atoms with Crippen LogP contribution in [0.25, 0.3) is 4.91 Å². The smallest absolute Gasteiger partial charge is 0.218 e. The number of hydrogen-bond acceptors (Lipinski definition) is 2. The topological polar surface area (TPSA) is 34.1 Å². The molecule has 0 fully saturated rings. The van der Waals surface area contributed by atoms with Gasteiger partial charge in [-0.1, -0.05) is 66.2 Å². The van der Waals surface area contributed by atoms with Crippen molar-refractivity contribution in [2.45, 2.75) is 11.8 Å². The van der Waals surface area contributed by atoms with Crippen LogP contribution in [-0.2, 0) is 9.84 Å². The SMILES string of the molecule is Cc1ccc(S(=O)(=O)C(=C[I+]c2ccccc2)c2ccccc2)cc1.